The number of thioether (sulfide) groups is 1. The van der Waals surface area contributed by atoms with Crippen LogP contribution in [0, 0.1) is 0 Å². The third-order valence-corrected chi connectivity index (χ3v) is 4.40. The molecule has 1 nitrogen and oxygen atoms in total. The molecule has 0 saturated carbocycles. The van der Waals surface area contributed by atoms with Gasteiger partial charge in [-0.25, -0.2) is 0 Å². The van der Waals surface area contributed by atoms with Gasteiger partial charge in [-0.2, -0.15) is 11.8 Å². The van der Waals surface area contributed by atoms with Gasteiger partial charge in [-0.3, -0.25) is 0 Å². The van der Waals surface area contributed by atoms with Crippen LogP contribution in [0.25, 0.3) is 0 Å². The summed E-state index contributed by atoms with van der Waals surface area (Å²) in [7, 11) is 0. The molecule has 0 fully saturated rings. The fourth-order valence-electron chi connectivity index (χ4n) is 2.25. The molecule has 18 heavy (non-hydrogen) atoms. The van der Waals surface area contributed by atoms with E-state index in [1.165, 1.54) is 75.8 Å². The molecular formula is C16H35NS. The second-order valence-corrected chi connectivity index (χ2v) is 6.59. The van der Waals surface area contributed by atoms with Gasteiger partial charge >= 0.3 is 0 Å². The van der Waals surface area contributed by atoms with Crippen LogP contribution in [-0.2, 0) is 0 Å². The standard InChI is InChI=1S/C16H35NS/c1-4-7-9-12-16(13-10-8-5-2)17-14-11-15-18-6-3/h16-17H,4-15H2,1-3H3. The Labute approximate surface area is 120 Å². The van der Waals surface area contributed by atoms with Crippen molar-refractivity contribution in [3.05, 3.63) is 0 Å². The Kier molecular flexibility index (Phi) is 15.6. The van der Waals surface area contributed by atoms with E-state index in [4.69, 9.17) is 0 Å². The van der Waals surface area contributed by atoms with Gasteiger partial charge in [0.2, 0.25) is 0 Å². The Morgan fingerprint density at radius 2 is 1.44 bits per heavy atom. The summed E-state index contributed by atoms with van der Waals surface area (Å²) in [6.45, 7) is 8.05. The maximum Gasteiger partial charge on any atom is 0.00670 e. The van der Waals surface area contributed by atoms with Crippen molar-refractivity contribution in [3.8, 4) is 0 Å². The summed E-state index contributed by atoms with van der Waals surface area (Å²) >= 11 is 2.06. The summed E-state index contributed by atoms with van der Waals surface area (Å²) in [5.41, 5.74) is 0. The van der Waals surface area contributed by atoms with E-state index in [1.54, 1.807) is 0 Å². The van der Waals surface area contributed by atoms with Crippen molar-refractivity contribution in [1.29, 1.82) is 0 Å². The second-order valence-electron chi connectivity index (χ2n) is 5.19. The number of nitrogens with one attached hydrogen (secondary N) is 1. The van der Waals surface area contributed by atoms with Crippen LogP contribution in [0.1, 0.15) is 78.6 Å². The van der Waals surface area contributed by atoms with E-state index in [0.717, 1.165) is 6.04 Å². The van der Waals surface area contributed by atoms with Crippen LogP contribution in [0.2, 0.25) is 0 Å². The molecule has 0 amide bonds. The largest absolute Gasteiger partial charge is 0.314 e. The van der Waals surface area contributed by atoms with E-state index in [1.807, 2.05) is 0 Å². The highest BCUT2D eigenvalue weighted by atomic mass is 32.2. The zero-order chi connectivity index (χ0) is 13.5. The van der Waals surface area contributed by atoms with Gasteiger partial charge in [0.15, 0.2) is 0 Å². The first-order valence-corrected chi connectivity index (χ1v) is 9.31. The Morgan fingerprint density at radius 1 is 0.833 bits per heavy atom. The summed E-state index contributed by atoms with van der Waals surface area (Å²) in [5, 5.41) is 3.78. The molecule has 0 aromatic heterocycles. The molecule has 0 spiro atoms. The maximum absolute atomic E-state index is 3.78. The minimum absolute atomic E-state index is 0.787. The molecule has 2 heteroatoms. The average molecular weight is 274 g/mol. The molecule has 0 aromatic rings. The fourth-order valence-corrected chi connectivity index (χ4v) is 2.89. The molecule has 0 radical (unpaired) electrons. The Morgan fingerprint density at radius 3 is 1.94 bits per heavy atom. The van der Waals surface area contributed by atoms with Crippen molar-refractivity contribution >= 4 is 11.8 Å². The third kappa shape index (κ3) is 12.8. The molecule has 0 heterocycles. The van der Waals surface area contributed by atoms with Crippen molar-refractivity contribution in [2.45, 2.75) is 84.6 Å². The van der Waals surface area contributed by atoms with Gasteiger partial charge < -0.3 is 5.32 Å². The van der Waals surface area contributed by atoms with Gasteiger partial charge in [0, 0.05) is 6.04 Å². The van der Waals surface area contributed by atoms with Crippen LogP contribution in [0.5, 0.6) is 0 Å². The average Bonchev–Trinajstić information content (AvgIpc) is 2.38. The summed E-state index contributed by atoms with van der Waals surface area (Å²) < 4.78 is 0. The van der Waals surface area contributed by atoms with Crippen LogP contribution < -0.4 is 5.32 Å². The first-order valence-electron chi connectivity index (χ1n) is 8.16. The van der Waals surface area contributed by atoms with Crippen molar-refractivity contribution < 1.29 is 0 Å². The van der Waals surface area contributed by atoms with Gasteiger partial charge in [0.05, 0.1) is 0 Å². The van der Waals surface area contributed by atoms with Crippen LogP contribution in [0.15, 0.2) is 0 Å². The number of unbranched alkanes of at least 4 members (excludes halogenated alkanes) is 4. The first-order chi connectivity index (χ1) is 8.85. The Bertz CT molecular complexity index is 140. The SMILES string of the molecule is CCCCCC(CCCCC)NCCCSCC. The summed E-state index contributed by atoms with van der Waals surface area (Å²) in [5.74, 6) is 2.58. The topological polar surface area (TPSA) is 12.0 Å². The van der Waals surface area contributed by atoms with Gasteiger partial charge in [-0.1, -0.05) is 59.3 Å². The molecule has 1 N–H and O–H groups in total. The molecular weight excluding hydrogens is 238 g/mol. The number of rotatable bonds is 14. The molecule has 0 aromatic carbocycles. The highest BCUT2D eigenvalue weighted by molar-refractivity contribution is 7.99. The Hall–Kier alpha value is 0.310. The molecule has 0 saturated heterocycles. The van der Waals surface area contributed by atoms with Crippen LogP contribution in [0.3, 0.4) is 0 Å². The monoisotopic (exact) mass is 273 g/mol. The quantitative estimate of drug-likeness (QED) is 0.434. The van der Waals surface area contributed by atoms with E-state index in [-0.39, 0.29) is 0 Å². The fraction of sp³-hybridized carbons (Fsp3) is 1.00. The molecule has 0 unspecified atom stereocenters. The van der Waals surface area contributed by atoms with Gasteiger partial charge in [0.25, 0.3) is 0 Å². The van der Waals surface area contributed by atoms with E-state index in [9.17, 15) is 0 Å². The highest BCUT2D eigenvalue weighted by Gasteiger charge is 2.06. The lowest BCUT2D eigenvalue weighted by atomic mass is 10.0. The minimum atomic E-state index is 0.787. The number of hydrogen-bond donors (Lipinski definition) is 1. The first kappa shape index (κ1) is 18.3. The third-order valence-electron chi connectivity index (χ3n) is 3.41. The van der Waals surface area contributed by atoms with Crippen LogP contribution >= 0.6 is 11.8 Å². The van der Waals surface area contributed by atoms with Gasteiger partial charge in [-0.05, 0) is 37.3 Å². The van der Waals surface area contributed by atoms with Crippen molar-refractivity contribution in [2.75, 3.05) is 18.1 Å². The summed E-state index contributed by atoms with van der Waals surface area (Å²) in [6, 6.07) is 0.787. The summed E-state index contributed by atoms with van der Waals surface area (Å²) in [6.07, 6.45) is 12.4. The smallest absolute Gasteiger partial charge is 0.00670 e. The molecule has 110 valence electrons. The lowest BCUT2D eigenvalue weighted by Gasteiger charge is -2.18. The minimum Gasteiger partial charge on any atom is -0.314 e. The zero-order valence-electron chi connectivity index (χ0n) is 13.0. The summed E-state index contributed by atoms with van der Waals surface area (Å²) in [4.78, 5) is 0. The van der Waals surface area contributed by atoms with Crippen molar-refractivity contribution in [2.24, 2.45) is 0 Å². The second kappa shape index (κ2) is 15.4. The molecule has 0 bridgehead atoms. The van der Waals surface area contributed by atoms with Gasteiger partial charge in [0.1, 0.15) is 0 Å². The normalized spacial score (nSPS) is 11.3. The van der Waals surface area contributed by atoms with Crippen molar-refractivity contribution in [3.63, 3.8) is 0 Å². The van der Waals surface area contributed by atoms with E-state index >= 15 is 0 Å². The maximum atomic E-state index is 3.78. The lowest BCUT2D eigenvalue weighted by molar-refractivity contribution is 0.420. The van der Waals surface area contributed by atoms with Crippen LogP contribution in [-0.4, -0.2) is 24.1 Å². The number of hydrogen-bond acceptors (Lipinski definition) is 2. The van der Waals surface area contributed by atoms with Crippen LogP contribution in [0.4, 0.5) is 0 Å². The predicted octanol–water partition coefficient (Wildman–Crippen LogP) is 5.25. The molecule has 0 atom stereocenters. The van der Waals surface area contributed by atoms with E-state index in [2.05, 4.69) is 37.8 Å². The molecule has 0 aliphatic carbocycles. The van der Waals surface area contributed by atoms with E-state index in [0.29, 0.717) is 0 Å². The van der Waals surface area contributed by atoms with Gasteiger partial charge in [-0.15, -0.1) is 0 Å². The molecule has 0 aliphatic heterocycles. The Balaban J connectivity index is 3.60. The highest BCUT2D eigenvalue weighted by Crippen LogP contribution is 2.11. The van der Waals surface area contributed by atoms with E-state index < -0.39 is 0 Å². The van der Waals surface area contributed by atoms with Crippen molar-refractivity contribution in [1.82, 2.24) is 5.32 Å². The predicted molar refractivity (Wildman–Crippen MR) is 87.7 cm³/mol. The molecule has 0 rings (SSSR count). The molecule has 0 aliphatic rings. The zero-order valence-corrected chi connectivity index (χ0v) is 13.8. The lowest BCUT2D eigenvalue weighted by Crippen LogP contribution is -2.30.